The van der Waals surface area contributed by atoms with Crippen LogP contribution in [0.25, 0.3) is 10.2 Å². The van der Waals surface area contributed by atoms with Gasteiger partial charge in [0.05, 0.1) is 12.0 Å². The second kappa shape index (κ2) is 6.68. The van der Waals surface area contributed by atoms with Crippen LogP contribution in [0.2, 0.25) is 0 Å². The van der Waals surface area contributed by atoms with Gasteiger partial charge in [0.25, 0.3) is 0 Å². The second-order valence-electron chi connectivity index (χ2n) is 4.13. The van der Waals surface area contributed by atoms with Crippen molar-refractivity contribution in [1.82, 2.24) is 9.97 Å². The van der Waals surface area contributed by atoms with Gasteiger partial charge in [-0.05, 0) is 18.9 Å². The summed E-state index contributed by atoms with van der Waals surface area (Å²) in [5.74, 6) is 0.806. The lowest BCUT2D eigenvalue weighted by atomic mass is 10.3. The van der Waals surface area contributed by atoms with E-state index in [-0.39, 0.29) is 5.95 Å². The van der Waals surface area contributed by atoms with Crippen LogP contribution >= 0.6 is 11.3 Å². The molecule has 2 N–H and O–H groups in total. The summed E-state index contributed by atoms with van der Waals surface area (Å²) in [6.07, 6.45) is 1.98. The average molecular weight is 281 g/mol. The Balaban J connectivity index is 2.10. The number of thiophene rings is 1. The van der Waals surface area contributed by atoms with Crippen molar-refractivity contribution in [3.63, 3.8) is 0 Å². The highest BCUT2D eigenvalue weighted by Crippen LogP contribution is 2.31. The summed E-state index contributed by atoms with van der Waals surface area (Å²) >= 11 is 1.63. The van der Waals surface area contributed by atoms with Gasteiger partial charge >= 0.3 is 0 Å². The number of nitrogens with zero attached hydrogens (tertiary/aromatic N) is 2. The predicted molar refractivity (Wildman–Crippen MR) is 77.8 cm³/mol. The number of aryl methyl sites for hydroxylation is 1. The Morgan fingerprint density at radius 1 is 1.21 bits per heavy atom. The smallest absolute Gasteiger partial charge is 0.227 e. The van der Waals surface area contributed by atoms with Crippen molar-refractivity contribution in [2.45, 2.75) is 26.7 Å². The van der Waals surface area contributed by atoms with Crippen molar-refractivity contribution >= 4 is 27.5 Å². The Labute approximate surface area is 116 Å². The van der Waals surface area contributed by atoms with Gasteiger partial charge in [0.15, 0.2) is 0 Å². The fraction of sp³-hybridized carbons (Fsp3) is 0.538. The van der Waals surface area contributed by atoms with Gasteiger partial charge in [0.1, 0.15) is 11.4 Å². The Morgan fingerprint density at radius 2 is 2.05 bits per heavy atom. The normalized spacial score (nSPS) is 11.1. The lowest BCUT2D eigenvalue weighted by Gasteiger charge is -2.07. The summed E-state index contributed by atoms with van der Waals surface area (Å²) in [4.78, 5) is 10.5. The first-order valence-corrected chi connectivity index (χ1v) is 7.32. The fourth-order valence-corrected chi connectivity index (χ4v) is 2.65. The molecule has 0 aliphatic heterocycles. The molecule has 0 saturated carbocycles. The maximum absolute atomic E-state index is 5.70. The van der Waals surface area contributed by atoms with Crippen molar-refractivity contribution in [3.05, 3.63) is 10.9 Å². The highest BCUT2D eigenvalue weighted by molar-refractivity contribution is 7.18. The molecule has 0 aromatic carbocycles. The highest BCUT2D eigenvalue weighted by atomic mass is 32.1. The molecule has 2 aromatic heterocycles. The molecular weight excluding hydrogens is 262 g/mol. The highest BCUT2D eigenvalue weighted by Gasteiger charge is 2.11. The topological polar surface area (TPSA) is 70.3 Å². The Hall–Kier alpha value is -1.40. The minimum Gasteiger partial charge on any atom is -0.475 e. The lowest BCUT2D eigenvalue weighted by Crippen LogP contribution is -2.09. The first-order valence-electron chi connectivity index (χ1n) is 6.51. The lowest BCUT2D eigenvalue weighted by molar-refractivity contribution is 0.0996. The largest absolute Gasteiger partial charge is 0.475 e. The van der Waals surface area contributed by atoms with Gasteiger partial charge in [0, 0.05) is 11.5 Å². The molecule has 2 aromatic rings. The standard InChI is InChI=1S/C13H19N3O2S/c1-3-5-17-6-7-18-11-10-8-9(4-2)19-12(10)16-13(14)15-11/h8H,3-7H2,1-2H3,(H2,14,15,16). The summed E-state index contributed by atoms with van der Waals surface area (Å²) in [7, 11) is 0. The Bertz CT molecular complexity index is 542. The molecule has 6 heteroatoms. The number of hydrogen-bond acceptors (Lipinski definition) is 6. The number of rotatable bonds is 7. The molecule has 0 fully saturated rings. The zero-order valence-corrected chi connectivity index (χ0v) is 12.1. The van der Waals surface area contributed by atoms with E-state index in [2.05, 4.69) is 29.9 Å². The van der Waals surface area contributed by atoms with Crippen LogP contribution in [-0.2, 0) is 11.2 Å². The van der Waals surface area contributed by atoms with E-state index in [1.165, 1.54) is 4.88 Å². The van der Waals surface area contributed by atoms with Gasteiger partial charge < -0.3 is 15.2 Å². The van der Waals surface area contributed by atoms with Gasteiger partial charge in [-0.15, -0.1) is 11.3 Å². The molecule has 5 nitrogen and oxygen atoms in total. The van der Waals surface area contributed by atoms with Gasteiger partial charge in [-0.3, -0.25) is 0 Å². The first-order chi connectivity index (χ1) is 9.24. The maximum Gasteiger partial charge on any atom is 0.227 e. The van der Waals surface area contributed by atoms with Crippen LogP contribution in [0, 0.1) is 0 Å². The number of ether oxygens (including phenoxy) is 2. The number of nitrogen functional groups attached to an aromatic ring is 1. The van der Waals surface area contributed by atoms with Crippen molar-refractivity contribution in [3.8, 4) is 5.88 Å². The zero-order valence-electron chi connectivity index (χ0n) is 11.3. The number of anilines is 1. The van der Waals surface area contributed by atoms with Gasteiger partial charge in [-0.1, -0.05) is 13.8 Å². The fourth-order valence-electron chi connectivity index (χ4n) is 1.69. The van der Waals surface area contributed by atoms with Crippen LogP contribution in [0.3, 0.4) is 0 Å². The van der Waals surface area contributed by atoms with E-state index in [9.17, 15) is 0 Å². The van der Waals surface area contributed by atoms with E-state index in [0.29, 0.717) is 19.1 Å². The third kappa shape index (κ3) is 3.54. The summed E-state index contributed by atoms with van der Waals surface area (Å²) < 4.78 is 11.0. The van der Waals surface area contributed by atoms with Crippen LogP contribution in [0.5, 0.6) is 5.88 Å². The van der Waals surface area contributed by atoms with E-state index in [1.807, 2.05) is 0 Å². The van der Waals surface area contributed by atoms with Gasteiger partial charge in [-0.2, -0.15) is 4.98 Å². The molecule has 0 spiro atoms. The number of nitrogens with two attached hydrogens (primary N) is 1. The molecule has 0 bridgehead atoms. The third-order valence-corrected chi connectivity index (χ3v) is 3.76. The molecule has 104 valence electrons. The monoisotopic (exact) mass is 281 g/mol. The number of fused-ring (bicyclic) bond motifs is 1. The van der Waals surface area contributed by atoms with Crippen molar-refractivity contribution < 1.29 is 9.47 Å². The van der Waals surface area contributed by atoms with E-state index < -0.39 is 0 Å². The predicted octanol–water partition coefficient (Wildman–Crippen LogP) is 2.64. The number of hydrogen-bond donors (Lipinski definition) is 1. The van der Waals surface area contributed by atoms with Crippen LogP contribution in [0.15, 0.2) is 6.07 Å². The molecule has 19 heavy (non-hydrogen) atoms. The number of aromatic nitrogens is 2. The van der Waals surface area contributed by atoms with E-state index in [4.69, 9.17) is 15.2 Å². The first kappa shape index (κ1) is 14.0. The minimum atomic E-state index is 0.251. The zero-order chi connectivity index (χ0) is 13.7. The summed E-state index contributed by atoms with van der Waals surface area (Å²) in [5.41, 5.74) is 5.70. The molecule has 2 heterocycles. The van der Waals surface area contributed by atoms with Crippen molar-refractivity contribution in [1.29, 1.82) is 0 Å². The van der Waals surface area contributed by atoms with E-state index in [1.54, 1.807) is 11.3 Å². The van der Waals surface area contributed by atoms with Crippen LogP contribution in [-0.4, -0.2) is 29.8 Å². The molecule has 0 radical (unpaired) electrons. The van der Waals surface area contributed by atoms with Crippen LogP contribution < -0.4 is 10.5 Å². The molecule has 0 atom stereocenters. The van der Waals surface area contributed by atoms with E-state index in [0.717, 1.165) is 29.7 Å². The maximum atomic E-state index is 5.70. The molecule has 0 unspecified atom stereocenters. The summed E-state index contributed by atoms with van der Waals surface area (Å²) in [6, 6.07) is 2.07. The molecule has 0 saturated heterocycles. The van der Waals surface area contributed by atoms with Gasteiger partial charge in [-0.25, -0.2) is 4.98 Å². The molecule has 0 aliphatic rings. The molecule has 0 amide bonds. The summed E-state index contributed by atoms with van der Waals surface area (Å²) in [6.45, 7) is 5.98. The molecule has 0 aliphatic carbocycles. The SMILES string of the molecule is CCCOCCOc1nc(N)nc2sc(CC)cc12. The molecule has 2 rings (SSSR count). The Kier molecular flexibility index (Phi) is 4.93. The quantitative estimate of drug-likeness (QED) is 0.790. The van der Waals surface area contributed by atoms with E-state index >= 15 is 0 Å². The summed E-state index contributed by atoms with van der Waals surface area (Å²) in [5, 5.41) is 0.937. The minimum absolute atomic E-state index is 0.251. The molecular formula is C13H19N3O2S. The second-order valence-corrected chi connectivity index (χ2v) is 5.25. The van der Waals surface area contributed by atoms with Crippen LogP contribution in [0.4, 0.5) is 5.95 Å². The average Bonchev–Trinajstić information content (AvgIpc) is 2.81. The van der Waals surface area contributed by atoms with Gasteiger partial charge in [0.2, 0.25) is 11.8 Å². The van der Waals surface area contributed by atoms with Crippen molar-refractivity contribution in [2.75, 3.05) is 25.6 Å². The van der Waals surface area contributed by atoms with Crippen LogP contribution in [0.1, 0.15) is 25.1 Å². The third-order valence-electron chi connectivity index (χ3n) is 2.59. The Morgan fingerprint density at radius 3 is 2.79 bits per heavy atom. The van der Waals surface area contributed by atoms with Crippen molar-refractivity contribution in [2.24, 2.45) is 0 Å².